The third-order valence-corrected chi connectivity index (χ3v) is 6.52. The second kappa shape index (κ2) is 7.64. The molecule has 2 amide bonds. The Kier molecular flexibility index (Phi) is 5.24. The van der Waals surface area contributed by atoms with Gasteiger partial charge in [0.2, 0.25) is 5.91 Å². The van der Waals surface area contributed by atoms with Gasteiger partial charge in [-0.1, -0.05) is 24.9 Å². The summed E-state index contributed by atoms with van der Waals surface area (Å²) in [6, 6.07) is 2.02. The Hall–Kier alpha value is -1.85. The quantitative estimate of drug-likeness (QED) is 0.877. The van der Waals surface area contributed by atoms with Crippen molar-refractivity contribution in [2.24, 2.45) is 11.8 Å². The zero-order valence-electron chi connectivity index (χ0n) is 16.4. The Morgan fingerprint density at radius 3 is 2.67 bits per heavy atom. The number of piperidine rings is 1. The zero-order valence-corrected chi connectivity index (χ0v) is 16.4. The van der Waals surface area contributed by atoms with Crippen molar-refractivity contribution in [3.63, 3.8) is 0 Å². The van der Waals surface area contributed by atoms with Crippen LogP contribution in [0.2, 0.25) is 0 Å². The number of rotatable bonds is 4. The molecule has 6 nitrogen and oxygen atoms in total. The molecular weight excluding hydrogens is 342 g/mol. The summed E-state index contributed by atoms with van der Waals surface area (Å²) in [4.78, 5) is 27.5. The number of carbonyl (C=O) groups is 2. The second-order valence-electron chi connectivity index (χ2n) is 8.93. The molecule has 148 valence electrons. The molecule has 6 heteroatoms. The van der Waals surface area contributed by atoms with Crippen LogP contribution < -0.4 is 5.32 Å². The molecular formula is C21H31N3O3. The van der Waals surface area contributed by atoms with E-state index in [4.69, 9.17) is 4.52 Å². The second-order valence-corrected chi connectivity index (χ2v) is 8.93. The summed E-state index contributed by atoms with van der Waals surface area (Å²) in [5.74, 6) is 2.29. The highest BCUT2D eigenvalue weighted by Gasteiger charge is 2.35. The van der Waals surface area contributed by atoms with Gasteiger partial charge >= 0.3 is 0 Å². The molecule has 3 aliphatic rings. The number of aromatic nitrogens is 1. The highest BCUT2D eigenvalue weighted by Crippen LogP contribution is 2.40. The van der Waals surface area contributed by atoms with Crippen molar-refractivity contribution in [2.45, 2.75) is 83.2 Å². The summed E-state index contributed by atoms with van der Waals surface area (Å²) in [5.41, 5.74) is 0.374. The molecule has 1 unspecified atom stereocenters. The molecule has 0 radical (unpaired) electrons. The highest BCUT2D eigenvalue weighted by molar-refractivity contribution is 5.92. The van der Waals surface area contributed by atoms with Crippen LogP contribution in [0.1, 0.15) is 87.4 Å². The highest BCUT2D eigenvalue weighted by atomic mass is 16.5. The first-order chi connectivity index (χ1) is 13.0. The van der Waals surface area contributed by atoms with E-state index in [-0.39, 0.29) is 23.9 Å². The fraction of sp³-hybridized carbons (Fsp3) is 0.762. The maximum Gasteiger partial charge on any atom is 0.273 e. The Labute approximate surface area is 161 Å². The van der Waals surface area contributed by atoms with Gasteiger partial charge in [-0.25, -0.2) is 0 Å². The Morgan fingerprint density at radius 1 is 1.15 bits per heavy atom. The maximum atomic E-state index is 12.9. The third-order valence-electron chi connectivity index (χ3n) is 6.52. The molecule has 2 aliphatic carbocycles. The van der Waals surface area contributed by atoms with Crippen molar-refractivity contribution < 1.29 is 14.1 Å². The van der Waals surface area contributed by atoms with E-state index in [2.05, 4.69) is 24.3 Å². The van der Waals surface area contributed by atoms with Crippen molar-refractivity contribution in [2.75, 3.05) is 6.54 Å². The minimum absolute atomic E-state index is 0.0860. The first kappa shape index (κ1) is 18.5. The van der Waals surface area contributed by atoms with Crippen LogP contribution in [0.15, 0.2) is 10.6 Å². The number of amides is 2. The van der Waals surface area contributed by atoms with Gasteiger partial charge in [0.15, 0.2) is 5.69 Å². The predicted octanol–water partition coefficient (Wildman–Crippen LogP) is 3.49. The standard InChI is InChI=1S/C21H31N3O3/c1-13-4-3-5-16(10-13)21(26)24-9-8-17(11-14(24)2)22-20(25)18-12-19(27-23-18)15-6-7-15/h12-17H,3-11H2,1-2H3,(H,22,25)/t13-,14-,16-,17?/m0/s1. The summed E-state index contributed by atoms with van der Waals surface area (Å²) in [7, 11) is 0. The number of hydrogen-bond donors (Lipinski definition) is 1. The van der Waals surface area contributed by atoms with Gasteiger partial charge in [-0.05, 0) is 51.4 Å². The van der Waals surface area contributed by atoms with Crippen molar-refractivity contribution in [3.05, 3.63) is 17.5 Å². The zero-order chi connectivity index (χ0) is 19.0. The van der Waals surface area contributed by atoms with Gasteiger partial charge in [-0.3, -0.25) is 9.59 Å². The summed E-state index contributed by atoms with van der Waals surface area (Å²) < 4.78 is 5.28. The molecule has 4 atom stereocenters. The van der Waals surface area contributed by atoms with Gasteiger partial charge in [0.25, 0.3) is 5.91 Å². The Morgan fingerprint density at radius 2 is 1.96 bits per heavy atom. The number of carbonyl (C=O) groups excluding carboxylic acids is 2. The van der Waals surface area contributed by atoms with Crippen LogP contribution in [-0.4, -0.2) is 40.5 Å². The summed E-state index contributed by atoms with van der Waals surface area (Å²) in [6.07, 6.45) is 8.32. The molecule has 3 fully saturated rings. The molecule has 0 aromatic carbocycles. The third kappa shape index (κ3) is 4.19. The normalized spacial score (nSPS) is 31.6. The number of hydrogen-bond acceptors (Lipinski definition) is 4. The monoisotopic (exact) mass is 373 g/mol. The van der Waals surface area contributed by atoms with Crippen LogP contribution in [0, 0.1) is 11.8 Å². The van der Waals surface area contributed by atoms with E-state index in [1.54, 1.807) is 6.07 Å². The molecule has 1 N–H and O–H groups in total. The minimum atomic E-state index is -0.163. The van der Waals surface area contributed by atoms with Gasteiger partial charge in [0.1, 0.15) is 5.76 Å². The van der Waals surface area contributed by atoms with Gasteiger partial charge in [0, 0.05) is 36.5 Å². The number of nitrogens with one attached hydrogen (secondary N) is 1. The predicted molar refractivity (Wildman–Crippen MR) is 101 cm³/mol. The maximum absolute atomic E-state index is 12.9. The summed E-state index contributed by atoms with van der Waals surface area (Å²) in [6.45, 7) is 5.08. The van der Waals surface area contributed by atoms with Crippen molar-refractivity contribution in [1.29, 1.82) is 0 Å². The van der Waals surface area contributed by atoms with Crippen molar-refractivity contribution in [1.82, 2.24) is 15.4 Å². The lowest BCUT2D eigenvalue weighted by molar-refractivity contribution is -0.140. The average molecular weight is 373 g/mol. The lowest BCUT2D eigenvalue weighted by atomic mass is 9.81. The lowest BCUT2D eigenvalue weighted by Gasteiger charge is -2.40. The molecule has 1 aromatic rings. The number of nitrogens with zero attached hydrogens (tertiary/aromatic N) is 2. The average Bonchev–Trinajstić information content (AvgIpc) is 3.38. The van der Waals surface area contributed by atoms with Crippen LogP contribution in [0.25, 0.3) is 0 Å². The fourth-order valence-corrected chi connectivity index (χ4v) is 4.74. The van der Waals surface area contributed by atoms with E-state index in [9.17, 15) is 9.59 Å². The molecule has 0 spiro atoms. The van der Waals surface area contributed by atoms with E-state index in [1.807, 2.05) is 4.90 Å². The molecule has 4 rings (SSSR count). The van der Waals surface area contributed by atoms with Crippen LogP contribution >= 0.6 is 0 Å². The molecule has 27 heavy (non-hydrogen) atoms. The largest absolute Gasteiger partial charge is 0.360 e. The first-order valence-electron chi connectivity index (χ1n) is 10.6. The van der Waals surface area contributed by atoms with Gasteiger partial charge in [0.05, 0.1) is 0 Å². The lowest BCUT2D eigenvalue weighted by Crippen LogP contribution is -2.52. The molecule has 2 saturated carbocycles. The molecule has 1 saturated heterocycles. The van der Waals surface area contributed by atoms with Gasteiger partial charge < -0.3 is 14.7 Å². The van der Waals surface area contributed by atoms with Gasteiger partial charge in [-0.15, -0.1) is 0 Å². The molecule has 0 bridgehead atoms. The van der Waals surface area contributed by atoms with Gasteiger partial charge in [-0.2, -0.15) is 0 Å². The minimum Gasteiger partial charge on any atom is -0.360 e. The van der Waals surface area contributed by atoms with E-state index < -0.39 is 0 Å². The van der Waals surface area contributed by atoms with Crippen LogP contribution in [0.3, 0.4) is 0 Å². The van der Waals surface area contributed by atoms with Crippen LogP contribution in [0.5, 0.6) is 0 Å². The van der Waals surface area contributed by atoms with E-state index in [1.165, 1.54) is 12.8 Å². The number of likely N-dealkylation sites (tertiary alicyclic amines) is 1. The topological polar surface area (TPSA) is 75.4 Å². The van der Waals surface area contributed by atoms with Crippen molar-refractivity contribution in [3.8, 4) is 0 Å². The molecule has 2 heterocycles. The molecule has 1 aromatic heterocycles. The Balaban J connectivity index is 1.30. The van der Waals surface area contributed by atoms with E-state index >= 15 is 0 Å². The first-order valence-corrected chi connectivity index (χ1v) is 10.6. The SMILES string of the molecule is C[C@H]1CCC[C@H](C(=O)N2CCC(NC(=O)c3cc(C4CC4)on3)C[C@@H]2C)C1. The van der Waals surface area contributed by atoms with Crippen molar-refractivity contribution >= 4 is 11.8 Å². The molecule has 1 aliphatic heterocycles. The fourth-order valence-electron chi connectivity index (χ4n) is 4.74. The van der Waals surface area contributed by atoms with Crippen LogP contribution in [-0.2, 0) is 4.79 Å². The van der Waals surface area contributed by atoms with E-state index in [0.29, 0.717) is 23.4 Å². The Bertz CT molecular complexity index is 697. The summed E-state index contributed by atoms with van der Waals surface area (Å²) >= 11 is 0. The van der Waals surface area contributed by atoms with Crippen LogP contribution in [0.4, 0.5) is 0 Å². The summed E-state index contributed by atoms with van der Waals surface area (Å²) in [5, 5.41) is 7.01. The smallest absolute Gasteiger partial charge is 0.273 e. The van der Waals surface area contributed by atoms with E-state index in [0.717, 1.165) is 50.8 Å².